The van der Waals surface area contributed by atoms with Gasteiger partial charge in [-0.1, -0.05) is 25.1 Å². The molecule has 0 aliphatic carbocycles. The fraction of sp³-hybridized carbons (Fsp3) is 0.407. The molecule has 1 N–H and O–H groups in total. The molecule has 37 heavy (non-hydrogen) atoms. The first-order valence-corrected chi connectivity index (χ1v) is 14.8. The van der Waals surface area contributed by atoms with Gasteiger partial charge in [-0.05, 0) is 53.0 Å². The summed E-state index contributed by atoms with van der Waals surface area (Å²) >= 11 is 3.56. The van der Waals surface area contributed by atoms with Crippen LogP contribution in [-0.4, -0.2) is 57.8 Å². The van der Waals surface area contributed by atoms with Crippen LogP contribution in [0.1, 0.15) is 42.9 Å². The molecule has 4 rings (SSSR count). The van der Waals surface area contributed by atoms with Crippen molar-refractivity contribution in [2.45, 2.75) is 38.0 Å². The molecule has 0 amide bonds. The van der Waals surface area contributed by atoms with Crippen molar-refractivity contribution in [3.63, 3.8) is 0 Å². The average Bonchev–Trinajstić information content (AvgIpc) is 2.91. The molecule has 2 aromatic carbocycles. The van der Waals surface area contributed by atoms with E-state index in [1.54, 1.807) is 24.4 Å². The minimum Gasteiger partial charge on any atom is -0.494 e. The first-order chi connectivity index (χ1) is 17.9. The SMILES string of the molecule is CCCNS(=O)(=O)c1cccc(Cc2nc(Cc3ccc(N4CCOCC4)cc3OCC)ncc2Br)c1. The van der Waals surface area contributed by atoms with Gasteiger partial charge in [0.25, 0.3) is 0 Å². The standard InChI is InChI=1S/C27H33BrN4O4S/c1-3-10-30-37(33,34)23-7-5-6-20(15-23)16-25-24(28)19-29-27(31-25)17-21-8-9-22(18-26(21)36-4-2)32-11-13-35-14-12-32/h5-9,15,18-19,30H,3-4,10-14,16-17H2,1-2H3. The fourth-order valence-corrected chi connectivity index (χ4v) is 5.69. The number of nitrogens with zero attached hydrogens (tertiary/aromatic N) is 3. The Labute approximate surface area is 227 Å². The van der Waals surface area contributed by atoms with E-state index in [-0.39, 0.29) is 4.90 Å². The minimum absolute atomic E-state index is 0.255. The van der Waals surface area contributed by atoms with Gasteiger partial charge >= 0.3 is 0 Å². The summed E-state index contributed by atoms with van der Waals surface area (Å²) in [5.74, 6) is 1.50. The van der Waals surface area contributed by atoms with Gasteiger partial charge < -0.3 is 14.4 Å². The molecule has 1 aromatic heterocycles. The summed E-state index contributed by atoms with van der Waals surface area (Å²) in [5.41, 5.74) is 3.79. The second kappa shape index (κ2) is 12.8. The number of rotatable bonds is 11. The topological polar surface area (TPSA) is 93.7 Å². The molecule has 0 unspecified atom stereocenters. The molecule has 3 aromatic rings. The highest BCUT2D eigenvalue weighted by atomic mass is 79.9. The van der Waals surface area contributed by atoms with Gasteiger partial charge in [0.2, 0.25) is 10.0 Å². The number of ether oxygens (including phenoxy) is 2. The predicted octanol–water partition coefficient (Wildman–Crippen LogP) is 4.34. The highest BCUT2D eigenvalue weighted by Gasteiger charge is 2.17. The molecule has 198 valence electrons. The highest BCUT2D eigenvalue weighted by Crippen LogP contribution is 2.29. The molecule has 1 fully saturated rings. The quantitative estimate of drug-likeness (QED) is 0.356. The average molecular weight is 590 g/mol. The summed E-state index contributed by atoms with van der Waals surface area (Å²) in [4.78, 5) is 11.9. The lowest BCUT2D eigenvalue weighted by molar-refractivity contribution is 0.122. The van der Waals surface area contributed by atoms with E-state index in [0.29, 0.717) is 31.8 Å². The van der Waals surface area contributed by atoms with Gasteiger partial charge in [0, 0.05) is 56.0 Å². The molecule has 0 radical (unpaired) electrons. The van der Waals surface area contributed by atoms with E-state index in [1.165, 1.54) is 0 Å². The number of sulfonamides is 1. The van der Waals surface area contributed by atoms with Crippen LogP contribution in [0.3, 0.4) is 0 Å². The summed E-state index contributed by atoms with van der Waals surface area (Å²) in [7, 11) is -3.54. The van der Waals surface area contributed by atoms with E-state index in [4.69, 9.17) is 14.5 Å². The van der Waals surface area contributed by atoms with Crippen LogP contribution in [-0.2, 0) is 27.6 Å². The third-order valence-electron chi connectivity index (χ3n) is 6.06. The van der Waals surface area contributed by atoms with Crippen LogP contribution in [0.25, 0.3) is 0 Å². The summed E-state index contributed by atoms with van der Waals surface area (Å²) in [6, 6.07) is 13.3. The van der Waals surface area contributed by atoms with Crippen LogP contribution in [0.15, 0.2) is 58.0 Å². The lowest BCUT2D eigenvalue weighted by Gasteiger charge is -2.29. The highest BCUT2D eigenvalue weighted by molar-refractivity contribution is 9.10. The largest absolute Gasteiger partial charge is 0.494 e. The maximum absolute atomic E-state index is 12.6. The van der Waals surface area contributed by atoms with Gasteiger partial charge in [0.15, 0.2) is 0 Å². The number of morpholine rings is 1. The lowest BCUT2D eigenvalue weighted by atomic mass is 10.1. The number of hydrogen-bond acceptors (Lipinski definition) is 7. The number of nitrogens with one attached hydrogen (secondary N) is 1. The van der Waals surface area contributed by atoms with Crippen molar-refractivity contribution in [1.29, 1.82) is 0 Å². The van der Waals surface area contributed by atoms with E-state index >= 15 is 0 Å². The van der Waals surface area contributed by atoms with E-state index in [2.05, 4.69) is 48.7 Å². The predicted molar refractivity (Wildman–Crippen MR) is 148 cm³/mol. The van der Waals surface area contributed by atoms with Crippen molar-refractivity contribution >= 4 is 31.6 Å². The van der Waals surface area contributed by atoms with Crippen molar-refractivity contribution < 1.29 is 17.9 Å². The van der Waals surface area contributed by atoms with Gasteiger partial charge in [0.1, 0.15) is 11.6 Å². The third-order valence-corrected chi connectivity index (χ3v) is 8.19. The monoisotopic (exact) mass is 588 g/mol. The molecule has 1 saturated heterocycles. The fourth-order valence-electron chi connectivity index (χ4n) is 4.16. The molecule has 0 atom stereocenters. The zero-order valence-electron chi connectivity index (χ0n) is 21.2. The Morgan fingerprint density at radius 2 is 1.92 bits per heavy atom. The second-order valence-electron chi connectivity index (χ2n) is 8.80. The summed E-state index contributed by atoms with van der Waals surface area (Å²) in [6.07, 6.45) is 3.48. The van der Waals surface area contributed by atoms with Crippen molar-refractivity contribution in [2.24, 2.45) is 0 Å². The smallest absolute Gasteiger partial charge is 0.240 e. The lowest BCUT2D eigenvalue weighted by Crippen LogP contribution is -2.36. The van der Waals surface area contributed by atoms with Crippen LogP contribution in [0.5, 0.6) is 5.75 Å². The maximum Gasteiger partial charge on any atom is 0.240 e. The molecule has 0 saturated carbocycles. The Kier molecular flexibility index (Phi) is 9.53. The number of hydrogen-bond donors (Lipinski definition) is 1. The van der Waals surface area contributed by atoms with Crippen LogP contribution in [0, 0.1) is 0 Å². The van der Waals surface area contributed by atoms with Gasteiger partial charge in [-0.3, -0.25) is 0 Å². The minimum atomic E-state index is -3.54. The Bertz CT molecular complexity index is 1310. The number of aromatic nitrogens is 2. The van der Waals surface area contributed by atoms with Gasteiger partial charge in [-0.15, -0.1) is 0 Å². The van der Waals surface area contributed by atoms with Crippen LogP contribution in [0.4, 0.5) is 5.69 Å². The van der Waals surface area contributed by atoms with Crippen LogP contribution in [0.2, 0.25) is 0 Å². The van der Waals surface area contributed by atoms with Crippen LogP contribution >= 0.6 is 15.9 Å². The molecule has 0 bridgehead atoms. The molecular formula is C27H33BrN4O4S. The molecular weight excluding hydrogens is 556 g/mol. The third kappa shape index (κ3) is 7.28. The Morgan fingerprint density at radius 3 is 2.68 bits per heavy atom. The zero-order chi connectivity index (χ0) is 26.3. The molecule has 1 aliphatic rings. The Morgan fingerprint density at radius 1 is 1.11 bits per heavy atom. The van der Waals surface area contributed by atoms with E-state index in [0.717, 1.165) is 65.5 Å². The van der Waals surface area contributed by atoms with Crippen molar-refractivity contribution in [3.8, 4) is 5.75 Å². The zero-order valence-corrected chi connectivity index (χ0v) is 23.6. The van der Waals surface area contributed by atoms with Crippen molar-refractivity contribution in [2.75, 3.05) is 44.4 Å². The normalized spacial score (nSPS) is 14.1. The van der Waals surface area contributed by atoms with E-state index in [1.807, 2.05) is 19.9 Å². The maximum atomic E-state index is 12.6. The van der Waals surface area contributed by atoms with Gasteiger partial charge in [-0.2, -0.15) is 0 Å². The van der Waals surface area contributed by atoms with Crippen molar-refractivity contribution in [1.82, 2.24) is 14.7 Å². The molecule has 0 spiro atoms. The number of anilines is 1. The molecule has 1 aliphatic heterocycles. The van der Waals surface area contributed by atoms with E-state index in [9.17, 15) is 8.42 Å². The molecule has 8 nitrogen and oxygen atoms in total. The first kappa shape index (κ1) is 27.5. The van der Waals surface area contributed by atoms with E-state index < -0.39 is 10.0 Å². The summed E-state index contributed by atoms with van der Waals surface area (Å²) in [6.45, 7) is 8.06. The first-order valence-electron chi connectivity index (χ1n) is 12.6. The second-order valence-corrected chi connectivity index (χ2v) is 11.4. The van der Waals surface area contributed by atoms with Crippen molar-refractivity contribution in [3.05, 3.63) is 75.8 Å². The van der Waals surface area contributed by atoms with Gasteiger partial charge in [0.05, 0.1) is 34.9 Å². The van der Waals surface area contributed by atoms with Crippen LogP contribution < -0.4 is 14.4 Å². The number of halogens is 1. The number of benzene rings is 2. The molecule has 10 heteroatoms. The van der Waals surface area contributed by atoms with Gasteiger partial charge in [-0.25, -0.2) is 23.1 Å². The summed E-state index contributed by atoms with van der Waals surface area (Å²) in [5, 5.41) is 0. The molecule has 2 heterocycles. The Hall–Kier alpha value is -2.53. The Balaban J connectivity index is 1.54. The summed E-state index contributed by atoms with van der Waals surface area (Å²) < 4.78 is 40.0.